The second kappa shape index (κ2) is 9.16. The Labute approximate surface area is 144 Å². The van der Waals surface area contributed by atoms with Crippen molar-refractivity contribution in [1.82, 2.24) is 10.2 Å². The summed E-state index contributed by atoms with van der Waals surface area (Å²) in [6.45, 7) is 4.03. The highest BCUT2D eigenvalue weighted by Gasteiger charge is 2.41. The van der Waals surface area contributed by atoms with Crippen molar-refractivity contribution in [2.45, 2.75) is 50.7 Å². The number of aliphatic hydroxyl groups is 2. The molecule has 1 aromatic carbocycles. The molecule has 1 amide bonds. The molecule has 2 rings (SSSR count). The number of amides is 1. The number of aryl methyl sites for hydroxylation is 1. The minimum Gasteiger partial charge on any atom is -0.388 e. The van der Waals surface area contributed by atoms with Crippen LogP contribution in [0.2, 0.25) is 0 Å². The third-order valence-electron chi connectivity index (χ3n) is 4.79. The van der Waals surface area contributed by atoms with Gasteiger partial charge in [-0.05, 0) is 31.4 Å². The zero-order valence-corrected chi connectivity index (χ0v) is 14.6. The lowest BCUT2D eigenvalue weighted by atomic mass is 9.88. The summed E-state index contributed by atoms with van der Waals surface area (Å²) in [4.78, 5) is 14.0. The number of carbonyl (C=O) groups excluding carboxylic acids is 1. The van der Waals surface area contributed by atoms with Crippen molar-refractivity contribution in [3.05, 3.63) is 35.9 Å². The van der Waals surface area contributed by atoms with Crippen LogP contribution in [0.4, 0.5) is 0 Å². The molecule has 0 unspecified atom stereocenters. The zero-order chi connectivity index (χ0) is 17.4. The van der Waals surface area contributed by atoms with E-state index >= 15 is 0 Å². The van der Waals surface area contributed by atoms with Gasteiger partial charge in [-0.1, -0.05) is 43.7 Å². The average Bonchev–Trinajstić information content (AvgIpc) is 2.60. The molecular formula is C19H30N2O3. The van der Waals surface area contributed by atoms with E-state index in [1.165, 1.54) is 0 Å². The number of benzene rings is 1. The molecule has 0 saturated carbocycles. The molecule has 1 aromatic rings. The van der Waals surface area contributed by atoms with E-state index < -0.39 is 11.7 Å². The summed E-state index contributed by atoms with van der Waals surface area (Å²) in [5, 5.41) is 24.1. The second-order valence-corrected chi connectivity index (χ2v) is 6.73. The maximum atomic E-state index is 12.3. The Kier molecular flexibility index (Phi) is 7.21. The number of nitrogens with one attached hydrogen (secondary N) is 1. The fourth-order valence-electron chi connectivity index (χ4n) is 3.06. The molecule has 1 aliphatic heterocycles. The summed E-state index contributed by atoms with van der Waals surface area (Å²) in [5.41, 5.74) is 0.00395. The molecule has 1 fully saturated rings. The number of nitrogens with zero attached hydrogens (tertiary/aromatic N) is 1. The minimum absolute atomic E-state index is 0.0406. The van der Waals surface area contributed by atoms with Gasteiger partial charge < -0.3 is 20.4 Å². The molecule has 2 atom stereocenters. The van der Waals surface area contributed by atoms with Gasteiger partial charge in [0.2, 0.25) is 5.91 Å². The maximum Gasteiger partial charge on any atom is 0.222 e. The lowest BCUT2D eigenvalue weighted by Gasteiger charge is -2.42. The fraction of sp³-hybridized carbons (Fsp3) is 0.632. The van der Waals surface area contributed by atoms with Crippen LogP contribution in [0.25, 0.3) is 0 Å². The molecule has 5 nitrogen and oxygen atoms in total. The monoisotopic (exact) mass is 334 g/mol. The van der Waals surface area contributed by atoms with Crippen molar-refractivity contribution in [2.24, 2.45) is 0 Å². The van der Waals surface area contributed by atoms with Gasteiger partial charge in [-0.25, -0.2) is 0 Å². The first-order chi connectivity index (χ1) is 11.5. The first-order valence-electron chi connectivity index (χ1n) is 8.98. The topological polar surface area (TPSA) is 72.8 Å². The van der Waals surface area contributed by atoms with E-state index in [0.29, 0.717) is 32.4 Å². The van der Waals surface area contributed by atoms with Gasteiger partial charge in [0.1, 0.15) is 11.7 Å². The molecule has 0 spiro atoms. The Bertz CT molecular complexity index is 509. The molecule has 0 radical (unpaired) electrons. The van der Waals surface area contributed by atoms with Crippen LogP contribution in [-0.2, 0) is 11.2 Å². The minimum atomic E-state index is -1.13. The number of rotatable bonds is 8. The number of hydrogen-bond donors (Lipinski definition) is 3. The fourth-order valence-corrected chi connectivity index (χ4v) is 3.06. The van der Waals surface area contributed by atoms with Crippen molar-refractivity contribution in [3.63, 3.8) is 0 Å². The molecule has 0 bridgehead atoms. The number of aliphatic hydroxyl groups excluding tert-OH is 1. The van der Waals surface area contributed by atoms with E-state index in [0.717, 1.165) is 24.9 Å². The summed E-state index contributed by atoms with van der Waals surface area (Å²) in [7, 11) is 0. The third-order valence-corrected chi connectivity index (χ3v) is 4.79. The summed E-state index contributed by atoms with van der Waals surface area (Å²) < 4.78 is 0. The van der Waals surface area contributed by atoms with Crippen molar-refractivity contribution >= 4 is 5.91 Å². The number of likely N-dealkylation sites (tertiary alicyclic amines) is 1. The number of carbonyl (C=O) groups is 1. The number of unbranched alkanes of at least 4 members (excludes halogenated alkanes) is 1. The summed E-state index contributed by atoms with van der Waals surface area (Å²) in [5.74, 6) is 0.0406. The molecule has 0 aliphatic carbocycles. The van der Waals surface area contributed by atoms with E-state index in [9.17, 15) is 15.0 Å². The number of β-amino-alcohol motifs (C(OH)–C–C–N with tert-alkyl or cyclic N) is 1. The van der Waals surface area contributed by atoms with Gasteiger partial charge in [0.15, 0.2) is 0 Å². The number of piperidine rings is 1. The van der Waals surface area contributed by atoms with Crippen LogP contribution < -0.4 is 5.32 Å². The highest BCUT2D eigenvalue weighted by atomic mass is 16.3. The number of hydrogen-bond acceptors (Lipinski definition) is 4. The Morgan fingerprint density at radius 3 is 2.79 bits per heavy atom. The van der Waals surface area contributed by atoms with Crippen LogP contribution in [0, 0.1) is 0 Å². The summed E-state index contributed by atoms with van der Waals surface area (Å²) in [6, 6.07) is 9.92. The molecule has 1 heterocycles. The largest absolute Gasteiger partial charge is 0.388 e. The van der Waals surface area contributed by atoms with Crippen LogP contribution in [0.3, 0.4) is 0 Å². The van der Waals surface area contributed by atoms with Crippen molar-refractivity contribution in [2.75, 3.05) is 26.2 Å². The molecule has 3 N–H and O–H groups in total. The van der Waals surface area contributed by atoms with Gasteiger partial charge in [0.25, 0.3) is 0 Å². The van der Waals surface area contributed by atoms with Crippen molar-refractivity contribution < 1.29 is 15.0 Å². The van der Waals surface area contributed by atoms with E-state index in [-0.39, 0.29) is 12.5 Å². The average molecular weight is 334 g/mol. The molecule has 1 saturated heterocycles. The molecule has 5 heteroatoms. The van der Waals surface area contributed by atoms with Gasteiger partial charge in [-0.2, -0.15) is 0 Å². The van der Waals surface area contributed by atoms with E-state index in [1.54, 1.807) is 4.90 Å². The second-order valence-electron chi connectivity index (χ2n) is 6.73. The molecule has 0 aromatic heterocycles. The van der Waals surface area contributed by atoms with E-state index in [2.05, 4.69) is 12.2 Å². The zero-order valence-electron chi connectivity index (χ0n) is 14.6. The summed E-state index contributed by atoms with van der Waals surface area (Å²) in [6.07, 6.45) is 2.79. The standard InChI is InChI=1S/C19H30N2O3/c1-2-3-12-20-15-19(24)11-13-21(14-17(19)22)18(23)10-9-16-7-5-4-6-8-16/h4-8,17,20,22,24H,2-3,9-15H2,1H3/t17-,19-/m0/s1. The van der Waals surface area contributed by atoms with Crippen LogP contribution in [0.1, 0.15) is 38.2 Å². The lowest BCUT2D eigenvalue weighted by Crippen LogP contribution is -2.60. The van der Waals surface area contributed by atoms with Gasteiger partial charge in [0, 0.05) is 26.1 Å². The first-order valence-corrected chi connectivity index (χ1v) is 8.98. The van der Waals surface area contributed by atoms with Crippen molar-refractivity contribution in [1.29, 1.82) is 0 Å². The Hall–Kier alpha value is -1.43. The Balaban J connectivity index is 1.78. The molecule has 1 aliphatic rings. The highest BCUT2D eigenvalue weighted by Crippen LogP contribution is 2.23. The van der Waals surface area contributed by atoms with E-state index in [1.807, 2.05) is 30.3 Å². The van der Waals surface area contributed by atoms with E-state index in [4.69, 9.17) is 0 Å². The Morgan fingerprint density at radius 1 is 1.38 bits per heavy atom. The predicted octanol–water partition coefficient (Wildman–Crippen LogP) is 1.33. The Morgan fingerprint density at radius 2 is 2.12 bits per heavy atom. The summed E-state index contributed by atoms with van der Waals surface area (Å²) >= 11 is 0. The molecule has 134 valence electrons. The SMILES string of the molecule is CCCCNC[C@@]1(O)CCN(C(=O)CCc2ccccc2)C[C@@H]1O. The van der Waals surface area contributed by atoms with Crippen LogP contribution in [0.15, 0.2) is 30.3 Å². The quantitative estimate of drug-likeness (QED) is 0.627. The van der Waals surface area contributed by atoms with Crippen LogP contribution in [0.5, 0.6) is 0 Å². The van der Waals surface area contributed by atoms with Crippen molar-refractivity contribution in [3.8, 4) is 0 Å². The smallest absolute Gasteiger partial charge is 0.222 e. The van der Waals surface area contributed by atoms with Gasteiger partial charge in [-0.3, -0.25) is 4.79 Å². The predicted molar refractivity (Wildman–Crippen MR) is 94.7 cm³/mol. The molecular weight excluding hydrogens is 304 g/mol. The normalized spacial score (nSPS) is 24.1. The maximum absolute atomic E-state index is 12.3. The van der Waals surface area contributed by atoms with Gasteiger partial charge >= 0.3 is 0 Å². The van der Waals surface area contributed by atoms with Crippen LogP contribution in [-0.4, -0.2) is 58.9 Å². The highest BCUT2D eigenvalue weighted by molar-refractivity contribution is 5.76. The van der Waals surface area contributed by atoms with Gasteiger partial charge in [-0.15, -0.1) is 0 Å². The third kappa shape index (κ3) is 5.30. The molecule has 24 heavy (non-hydrogen) atoms. The first kappa shape index (κ1) is 18.9. The van der Waals surface area contributed by atoms with Gasteiger partial charge in [0.05, 0.1) is 0 Å². The lowest BCUT2D eigenvalue weighted by molar-refractivity contribution is -0.148. The van der Waals surface area contributed by atoms with Crippen LogP contribution >= 0.6 is 0 Å².